The van der Waals surface area contributed by atoms with Gasteiger partial charge in [-0.15, -0.1) is 0 Å². The van der Waals surface area contributed by atoms with Crippen LogP contribution in [0.1, 0.15) is 102 Å². The van der Waals surface area contributed by atoms with Gasteiger partial charge in [-0.3, -0.25) is 4.18 Å². The first-order valence-electron chi connectivity index (χ1n) is 21.4. The number of hydrogen-bond donors (Lipinski definition) is 1. The third kappa shape index (κ3) is 13.7. The Bertz CT molecular complexity index is 2930. The largest absolute Gasteiger partial charge is 0.462 e. The third-order valence-corrected chi connectivity index (χ3v) is 11.4. The summed E-state index contributed by atoms with van der Waals surface area (Å²) in [4.78, 5) is 38.0. The molecule has 2 saturated heterocycles. The Balaban J connectivity index is 0.000000230. The molecule has 0 radical (unpaired) electrons. The summed E-state index contributed by atoms with van der Waals surface area (Å²) >= 11 is 0. The molecule has 368 valence electrons. The third-order valence-electron chi connectivity index (χ3n) is 10.8. The molecule has 68 heavy (non-hydrogen) atoms. The molecule has 2 aromatic carbocycles. The van der Waals surface area contributed by atoms with E-state index in [1.54, 1.807) is 55.0 Å². The summed E-state index contributed by atoms with van der Waals surface area (Å²) in [5, 5.41) is 17.7. The molecule has 0 unspecified atom stereocenters. The van der Waals surface area contributed by atoms with Gasteiger partial charge >= 0.3 is 11.9 Å². The zero-order valence-corrected chi connectivity index (χ0v) is 39.6. The molecule has 18 nitrogen and oxygen atoms in total. The van der Waals surface area contributed by atoms with Gasteiger partial charge in [-0.25, -0.2) is 45.8 Å². The highest BCUT2D eigenvalue weighted by molar-refractivity contribution is 8.13. The van der Waals surface area contributed by atoms with E-state index < -0.39 is 31.1 Å². The average Bonchev–Trinajstić information content (AvgIpc) is 4.10. The molecule has 0 aliphatic carbocycles. The molecule has 6 heterocycles. The van der Waals surface area contributed by atoms with Crippen LogP contribution in [-0.2, 0) is 45.7 Å². The summed E-state index contributed by atoms with van der Waals surface area (Å²) in [7, 11) is -2.25. The monoisotopic (exact) mass is 1000 g/mol. The summed E-state index contributed by atoms with van der Waals surface area (Å²) in [5.41, 5.74) is 4.80. The van der Waals surface area contributed by atoms with E-state index in [4.69, 9.17) is 13.7 Å². The Kier molecular flexibility index (Phi) is 18.3. The number of fused-ring (bicyclic) bond motifs is 2. The van der Waals surface area contributed by atoms with Gasteiger partial charge in [0, 0.05) is 42.8 Å². The molecule has 0 bridgehead atoms. The maximum absolute atomic E-state index is 14.2. The SMILES string of the molecule is C.CCOC(=O)c1cnn2ccc(N3CCC[C@@H]3c3cc(F)ccc3CCO)nc12.CCOC(=O)c1cnn2ccc(N3CCC[C@@H]3c3cc(F)ccc3CCOS(C)(=O)=O)nc12.CS(=O)(=O)Cl. The fraction of sp³-hybridized carbons (Fsp3) is 0.422. The number of esters is 2. The predicted molar refractivity (Wildman–Crippen MR) is 252 cm³/mol. The van der Waals surface area contributed by atoms with Crippen molar-refractivity contribution in [3.05, 3.63) is 118 Å². The van der Waals surface area contributed by atoms with Gasteiger partial charge in [-0.05, 0) is 111 Å². The molecule has 4 aromatic heterocycles. The van der Waals surface area contributed by atoms with Gasteiger partial charge in [0.15, 0.2) is 11.3 Å². The predicted octanol–water partition coefficient (Wildman–Crippen LogP) is 6.65. The van der Waals surface area contributed by atoms with Gasteiger partial charge in [0.05, 0.1) is 56.8 Å². The minimum atomic E-state index is -3.56. The molecule has 2 fully saturated rings. The van der Waals surface area contributed by atoms with E-state index in [1.165, 1.54) is 35.1 Å². The van der Waals surface area contributed by atoms with Crippen LogP contribution in [0.5, 0.6) is 0 Å². The second kappa shape index (κ2) is 23.5. The number of carbonyl (C=O) groups excluding carboxylic acids is 2. The van der Waals surface area contributed by atoms with Crippen molar-refractivity contribution >= 4 is 64.7 Å². The van der Waals surface area contributed by atoms with Crippen molar-refractivity contribution in [2.75, 3.05) is 61.8 Å². The van der Waals surface area contributed by atoms with Gasteiger partial charge in [-0.2, -0.15) is 18.6 Å². The average molecular weight is 1010 g/mol. The molecule has 2 aliphatic rings. The summed E-state index contributed by atoms with van der Waals surface area (Å²) in [5.74, 6) is -0.274. The Morgan fingerprint density at radius 3 is 1.56 bits per heavy atom. The van der Waals surface area contributed by atoms with Crippen LogP contribution >= 0.6 is 10.7 Å². The molecule has 1 N–H and O–H groups in total. The quantitative estimate of drug-likeness (QED) is 0.0687. The lowest BCUT2D eigenvalue weighted by molar-refractivity contribution is 0.0518. The second-order valence-electron chi connectivity index (χ2n) is 15.5. The van der Waals surface area contributed by atoms with E-state index in [9.17, 15) is 40.3 Å². The van der Waals surface area contributed by atoms with Gasteiger partial charge in [0.25, 0.3) is 10.1 Å². The summed E-state index contributed by atoms with van der Waals surface area (Å²) < 4.78 is 87.7. The molecule has 0 saturated carbocycles. The number of ether oxygens (including phenoxy) is 2. The lowest BCUT2D eigenvalue weighted by Crippen LogP contribution is -2.25. The molecule has 0 spiro atoms. The van der Waals surface area contributed by atoms with Crippen LogP contribution in [-0.4, -0.2) is 115 Å². The van der Waals surface area contributed by atoms with Gasteiger partial charge in [-0.1, -0.05) is 19.6 Å². The van der Waals surface area contributed by atoms with Crippen molar-refractivity contribution in [1.82, 2.24) is 29.2 Å². The normalized spacial score (nSPS) is 15.9. The van der Waals surface area contributed by atoms with Crippen molar-refractivity contribution in [1.29, 1.82) is 0 Å². The fourth-order valence-corrected chi connectivity index (χ4v) is 8.49. The first kappa shape index (κ1) is 53.1. The minimum Gasteiger partial charge on any atom is -0.462 e. The molecular formula is C45H55ClF2N8O10S2. The highest BCUT2D eigenvalue weighted by Crippen LogP contribution is 2.39. The number of carbonyl (C=O) groups is 2. The smallest absolute Gasteiger partial charge is 0.343 e. The number of nitrogens with zero attached hydrogens (tertiary/aromatic N) is 8. The van der Waals surface area contributed by atoms with Crippen LogP contribution in [0.2, 0.25) is 0 Å². The number of anilines is 2. The van der Waals surface area contributed by atoms with Gasteiger partial charge in [0.2, 0.25) is 9.05 Å². The molecule has 2 atom stereocenters. The van der Waals surface area contributed by atoms with E-state index >= 15 is 0 Å². The fourth-order valence-electron chi connectivity index (χ4n) is 8.10. The Morgan fingerprint density at radius 2 is 1.16 bits per heavy atom. The number of halogens is 3. The molecule has 2 aliphatic heterocycles. The Morgan fingerprint density at radius 1 is 0.735 bits per heavy atom. The first-order chi connectivity index (χ1) is 31.9. The summed E-state index contributed by atoms with van der Waals surface area (Å²) in [6, 6.07) is 12.7. The topological polar surface area (TPSA) is 217 Å². The van der Waals surface area contributed by atoms with Crippen molar-refractivity contribution < 1.29 is 54.0 Å². The minimum absolute atomic E-state index is 0. The van der Waals surface area contributed by atoms with Crippen molar-refractivity contribution in [3.63, 3.8) is 0 Å². The molecule has 6 aromatic rings. The van der Waals surface area contributed by atoms with Gasteiger partial charge < -0.3 is 24.4 Å². The van der Waals surface area contributed by atoms with E-state index in [-0.39, 0.29) is 63.1 Å². The van der Waals surface area contributed by atoms with Crippen molar-refractivity contribution in [2.45, 2.75) is 71.9 Å². The highest BCUT2D eigenvalue weighted by Gasteiger charge is 2.32. The van der Waals surface area contributed by atoms with Crippen LogP contribution in [0.4, 0.5) is 20.4 Å². The zero-order valence-electron chi connectivity index (χ0n) is 37.2. The number of rotatable bonds is 14. The highest BCUT2D eigenvalue weighted by atomic mass is 35.7. The first-order valence-corrected chi connectivity index (χ1v) is 25.9. The number of aromatic nitrogens is 6. The summed E-state index contributed by atoms with van der Waals surface area (Å²) in [6.45, 7) is 5.46. The molecule has 0 amide bonds. The van der Waals surface area contributed by atoms with Crippen LogP contribution < -0.4 is 9.80 Å². The van der Waals surface area contributed by atoms with Crippen molar-refractivity contribution in [3.8, 4) is 0 Å². The standard InChI is InChI=1S/C22H25FN4O5S.C21H23FN4O3.CH3ClO2S.CH4/c1-3-31-22(28)18-14-24-27-11-8-20(25-21(18)27)26-10-4-5-19(26)17-13-16(23)7-6-15(17)9-12-32-33(2,29)30;1-2-29-21(28)17-13-23-26-10-7-19(24-20(17)26)25-9-3-4-18(25)16-12-15(22)6-5-14(16)8-11-27;1-5(2,3)4;/h6-8,11,13-14,19H,3-5,9-10,12H2,1-2H3;5-7,10,12-13,18,27H,2-4,8-9,11H2,1H3;1H3;1H4/t19-;18-;;/m11../s1. The zero-order chi connectivity index (χ0) is 48.5. The van der Waals surface area contributed by atoms with E-state index in [0.29, 0.717) is 47.9 Å². The van der Waals surface area contributed by atoms with E-state index in [1.807, 2.05) is 6.07 Å². The molecule has 23 heteroatoms. The van der Waals surface area contributed by atoms with Crippen LogP contribution in [0.25, 0.3) is 11.3 Å². The molecule has 8 rings (SSSR count). The lowest BCUT2D eigenvalue weighted by atomic mass is 9.96. The van der Waals surface area contributed by atoms with Crippen molar-refractivity contribution in [2.24, 2.45) is 0 Å². The summed E-state index contributed by atoms with van der Waals surface area (Å²) in [6.07, 6.45) is 12.5. The van der Waals surface area contributed by atoms with Crippen LogP contribution in [0.3, 0.4) is 0 Å². The van der Waals surface area contributed by atoms with Gasteiger partial charge in [0.1, 0.15) is 34.4 Å². The second-order valence-corrected chi connectivity index (χ2v) is 20.2. The maximum Gasteiger partial charge on any atom is 0.343 e. The number of benzene rings is 2. The lowest BCUT2D eigenvalue weighted by Gasteiger charge is -2.28. The maximum atomic E-state index is 14.2. The molecular weight excluding hydrogens is 950 g/mol. The van der Waals surface area contributed by atoms with E-state index in [0.717, 1.165) is 67.0 Å². The Labute approximate surface area is 398 Å². The van der Waals surface area contributed by atoms with Crippen LogP contribution in [0.15, 0.2) is 73.3 Å². The van der Waals surface area contributed by atoms with Crippen LogP contribution in [0, 0.1) is 11.6 Å². The Hall–Kier alpha value is -5.81. The number of aliphatic hydroxyl groups excluding tert-OH is 1. The number of hydrogen-bond acceptors (Lipinski definition) is 16. The van der Waals surface area contributed by atoms with E-state index in [2.05, 4.69) is 40.6 Å². The number of aliphatic hydroxyl groups is 1.